The molecule has 0 aliphatic carbocycles. The first-order valence-electron chi connectivity index (χ1n) is 6.13. The summed E-state index contributed by atoms with van der Waals surface area (Å²) in [6.07, 6.45) is 0.179. The molecule has 0 fully saturated rings. The van der Waals surface area contributed by atoms with Crippen molar-refractivity contribution in [2.45, 2.75) is 45.7 Å². The van der Waals surface area contributed by atoms with Crippen LogP contribution in [0, 0.1) is 0 Å². The maximum atomic E-state index is 9.26. The van der Waals surface area contributed by atoms with Crippen LogP contribution < -0.4 is 0 Å². The van der Waals surface area contributed by atoms with Gasteiger partial charge >= 0.3 is 0 Å². The van der Waals surface area contributed by atoms with Gasteiger partial charge in [0.2, 0.25) is 0 Å². The van der Waals surface area contributed by atoms with Gasteiger partial charge in [-0.15, -0.1) is 0 Å². The molecule has 0 spiro atoms. The Labute approximate surface area is 103 Å². The number of ether oxygens (including phenoxy) is 2. The maximum absolute atomic E-state index is 9.26. The summed E-state index contributed by atoms with van der Waals surface area (Å²) < 4.78 is 11.4. The predicted octanol–water partition coefficient (Wildman–Crippen LogP) is 2.90. The molecule has 17 heavy (non-hydrogen) atoms. The third kappa shape index (κ3) is 5.31. The van der Waals surface area contributed by atoms with Crippen molar-refractivity contribution >= 4 is 0 Å². The summed E-state index contributed by atoms with van der Waals surface area (Å²) >= 11 is 0. The lowest BCUT2D eigenvalue weighted by Crippen LogP contribution is -2.20. The molecule has 0 saturated heterocycles. The Bertz CT molecular complexity index is 298. The van der Waals surface area contributed by atoms with Gasteiger partial charge in [-0.2, -0.15) is 0 Å². The molecule has 3 atom stereocenters. The van der Waals surface area contributed by atoms with Crippen molar-refractivity contribution in [1.29, 1.82) is 0 Å². The van der Waals surface area contributed by atoms with Crippen LogP contribution in [0.5, 0.6) is 0 Å². The zero-order chi connectivity index (χ0) is 12.7. The molecule has 96 valence electrons. The minimum absolute atomic E-state index is 0.134. The molecule has 0 aromatic heterocycles. The summed E-state index contributed by atoms with van der Waals surface area (Å²) in [7, 11) is 0. The Hall–Kier alpha value is -0.900. The van der Waals surface area contributed by atoms with E-state index in [0.717, 1.165) is 12.0 Å². The van der Waals surface area contributed by atoms with Crippen LogP contribution in [0.4, 0.5) is 0 Å². The second-order valence-electron chi connectivity index (χ2n) is 4.28. The van der Waals surface area contributed by atoms with Gasteiger partial charge in [-0.25, -0.2) is 0 Å². The highest BCUT2D eigenvalue weighted by Gasteiger charge is 2.15. The summed E-state index contributed by atoms with van der Waals surface area (Å²) in [5.74, 6) is 0. The molecule has 0 amide bonds. The fourth-order valence-corrected chi connectivity index (χ4v) is 1.36. The average Bonchev–Trinajstić information content (AvgIpc) is 2.35. The second-order valence-corrected chi connectivity index (χ2v) is 4.28. The smallest absolute Gasteiger partial charge is 0.184 e. The Balaban J connectivity index is 2.65. The van der Waals surface area contributed by atoms with E-state index in [1.54, 1.807) is 6.92 Å². The zero-order valence-electron chi connectivity index (χ0n) is 10.8. The van der Waals surface area contributed by atoms with Gasteiger partial charge in [-0.1, -0.05) is 37.3 Å². The number of hydrogen-bond donors (Lipinski definition) is 1. The molecule has 1 aromatic rings. The minimum atomic E-state index is -0.484. The van der Waals surface area contributed by atoms with E-state index in [0.29, 0.717) is 0 Å². The summed E-state index contributed by atoms with van der Waals surface area (Å²) in [5.41, 5.74) is 0.980. The number of benzene rings is 1. The number of aliphatic hydroxyl groups excluding tert-OH is 1. The van der Waals surface area contributed by atoms with Crippen LogP contribution in [0.1, 0.15) is 39.0 Å². The topological polar surface area (TPSA) is 38.7 Å². The van der Waals surface area contributed by atoms with Crippen LogP contribution in [0.25, 0.3) is 0 Å². The van der Waals surface area contributed by atoms with E-state index < -0.39 is 12.4 Å². The third-order valence-corrected chi connectivity index (χ3v) is 2.49. The molecule has 1 rings (SSSR count). The second kappa shape index (κ2) is 7.43. The van der Waals surface area contributed by atoms with Crippen LogP contribution in [0.2, 0.25) is 0 Å². The molecule has 0 saturated carbocycles. The average molecular weight is 238 g/mol. The van der Waals surface area contributed by atoms with E-state index in [1.165, 1.54) is 0 Å². The quantitative estimate of drug-likeness (QED) is 0.742. The Kier molecular flexibility index (Phi) is 6.19. The number of aliphatic hydroxyl groups is 1. The van der Waals surface area contributed by atoms with E-state index >= 15 is 0 Å². The molecule has 3 nitrogen and oxygen atoms in total. The summed E-state index contributed by atoms with van der Waals surface area (Å²) in [6.45, 7) is 6.06. The molecule has 0 heterocycles. The molecule has 1 N–H and O–H groups in total. The highest BCUT2D eigenvalue weighted by Crippen LogP contribution is 2.21. The van der Waals surface area contributed by atoms with Crippen molar-refractivity contribution in [1.82, 2.24) is 0 Å². The van der Waals surface area contributed by atoms with Crippen molar-refractivity contribution in [3.8, 4) is 0 Å². The fraction of sp³-hybridized carbons (Fsp3) is 0.571. The van der Waals surface area contributed by atoms with Gasteiger partial charge in [0.15, 0.2) is 6.29 Å². The van der Waals surface area contributed by atoms with Gasteiger partial charge in [0.25, 0.3) is 0 Å². The first-order valence-corrected chi connectivity index (χ1v) is 6.13. The lowest BCUT2D eigenvalue weighted by atomic mass is 10.2. The maximum Gasteiger partial charge on any atom is 0.184 e. The van der Waals surface area contributed by atoms with Crippen LogP contribution in [0.3, 0.4) is 0 Å². The molecular weight excluding hydrogens is 216 g/mol. The van der Waals surface area contributed by atoms with E-state index in [-0.39, 0.29) is 12.7 Å². The molecule has 0 aliphatic rings. The van der Waals surface area contributed by atoms with Gasteiger partial charge < -0.3 is 14.6 Å². The normalized spacial score (nSPS) is 16.5. The van der Waals surface area contributed by atoms with Gasteiger partial charge in [-0.05, 0) is 20.3 Å². The van der Waals surface area contributed by atoms with Crippen LogP contribution in [-0.2, 0) is 9.47 Å². The Morgan fingerprint density at radius 2 is 1.82 bits per heavy atom. The molecule has 3 heteroatoms. The predicted molar refractivity (Wildman–Crippen MR) is 67.7 cm³/mol. The van der Waals surface area contributed by atoms with Crippen molar-refractivity contribution in [3.05, 3.63) is 35.9 Å². The third-order valence-electron chi connectivity index (χ3n) is 2.49. The van der Waals surface area contributed by atoms with Gasteiger partial charge in [-0.3, -0.25) is 0 Å². The van der Waals surface area contributed by atoms with Crippen LogP contribution >= 0.6 is 0 Å². The zero-order valence-corrected chi connectivity index (χ0v) is 10.8. The van der Waals surface area contributed by atoms with Crippen LogP contribution in [0.15, 0.2) is 30.3 Å². The van der Waals surface area contributed by atoms with E-state index in [2.05, 4.69) is 6.92 Å². The van der Waals surface area contributed by atoms with E-state index in [9.17, 15) is 5.11 Å². The van der Waals surface area contributed by atoms with Gasteiger partial charge in [0, 0.05) is 5.56 Å². The summed E-state index contributed by atoms with van der Waals surface area (Å²) in [4.78, 5) is 0. The SMILES string of the molecule is CCC(C)OC(OCC(C)O)c1ccccc1. The Morgan fingerprint density at radius 3 is 2.35 bits per heavy atom. The first-order chi connectivity index (χ1) is 8.13. The standard InChI is InChI=1S/C14H22O3/c1-4-12(3)17-14(16-10-11(2)15)13-8-6-5-7-9-13/h5-9,11-12,14-15H,4,10H2,1-3H3. The number of hydrogen-bond acceptors (Lipinski definition) is 3. The molecule has 0 bridgehead atoms. The van der Waals surface area contributed by atoms with Crippen molar-refractivity contribution in [3.63, 3.8) is 0 Å². The summed E-state index contributed by atoms with van der Waals surface area (Å²) in [6, 6.07) is 9.80. The fourth-order valence-electron chi connectivity index (χ4n) is 1.36. The molecule has 3 unspecified atom stereocenters. The molecule has 1 aromatic carbocycles. The molecule has 0 radical (unpaired) electrons. The van der Waals surface area contributed by atoms with Crippen LogP contribution in [-0.4, -0.2) is 23.9 Å². The van der Waals surface area contributed by atoms with Crippen molar-refractivity contribution < 1.29 is 14.6 Å². The Morgan fingerprint density at radius 1 is 1.18 bits per heavy atom. The molecular formula is C14H22O3. The van der Waals surface area contributed by atoms with Crippen molar-refractivity contribution in [2.75, 3.05) is 6.61 Å². The first kappa shape index (κ1) is 14.2. The van der Waals surface area contributed by atoms with E-state index in [1.807, 2.05) is 37.3 Å². The lowest BCUT2D eigenvalue weighted by molar-refractivity contribution is -0.182. The highest BCUT2D eigenvalue weighted by molar-refractivity contribution is 5.16. The lowest BCUT2D eigenvalue weighted by Gasteiger charge is -2.23. The monoisotopic (exact) mass is 238 g/mol. The van der Waals surface area contributed by atoms with Gasteiger partial charge in [0.1, 0.15) is 0 Å². The highest BCUT2D eigenvalue weighted by atomic mass is 16.7. The number of rotatable bonds is 7. The van der Waals surface area contributed by atoms with Gasteiger partial charge in [0.05, 0.1) is 18.8 Å². The molecule has 0 aliphatic heterocycles. The largest absolute Gasteiger partial charge is 0.391 e. The van der Waals surface area contributed by atoms with E-state index in [4.69, 9.17) is 9.47 Å². The summed E-state index contributed by atoms with van der Waals surface area (Å²) in [5, 5.41) is 9.26. The minimum Gasteiger partial charge on any atom is -0.391 e. The van der Waals surface area contributed by atoms with Crippen molar-refractivity contribution in [2.24, 2.45) is 0 Å².